The van der Waals surface area contributed by atoms with Crippen molar-refractivity contribution in [3.63, 3.8) is 0 Å². The molecule has 8 heteroatoms. The van der Waals surface area contributed by atoms with E-state index in [2.05, 4.69) is 15.6 Å². The number of nitrogens with zero attached hydrogens (tertiary/aromatic N) is 1. The number of amides is 2. The van der Waals surface area contributed by atoms with Crippen LogP contribution in [0.5, 0.6) is 0 Å². The van der Waals surface area contributed by atoms with Gasteiger partial charge in [-0.1, -0.05) is 35.3 Å². The Balaban J connectivity index is 1.56. The molecule has 0 bridgehead atoms. The monoisotopic (exact) mass is 445 g/mol. The lowest BCUT2D eigenvalue weighted by atomic mass is 10.1. The first kappa shape index (κ1) is 21.9. The fraction of sp³-hybridized carbons (Fsp3) is 0.227. The number of carbonyl (C=O) groups is 2. The van der Waals surface area contributed by atoms with E-state index in [9.17, 15) is 9.59 Å². The molecule has 0 aliphatic rings. The van der Waals surface area contributed by atoms with Crippen LogP contribution in [-0.2, 0) is 16.0 Å². The van der Waals surface area contributed by atoms with Crippen molar-refractivity contribution >= 4 is 40.7 Å². The highest BCUT2D eigenvalue weighted by molar-refractivity contribution is 6.36. The van der Waals surface area contributed by atoms with Crippen LogP contribution in [0.4, 0.5) is 5.69 Å². The largest absolute Gasteiger partial charge is 0.441 e. The van der Waals surface area contributed by atoms with E-state index in [0.29, 0.717) is 39.4 Å². The second kappa shape index (κ2) is 9.78. The van der Waals surface area contributed by atoms with Gasteiger partial charge in [0, 0.05) is 36.0 Å². The lowest BCUT2D eigenvalue weighted by Crippen LogP contribution is -2.26. The van der Waals surface area contributed by atoms with Crippen LogP contribution in [0.15, 0.2) is 53.1 Å². The van der Waals surface area contributed by atoms with E-state index in [0.717, 1.165) is 5.56 Å². The van der Waals surface area contributed by atoms with Gasteiger partial charge in [-0.05, 0) is 42.8 Å². The van der Waals surface area contributed by atoms with Crippen molar-refractivity contribution in [3.8, 4) is 11.3 Å². The molecular formula is C22H21Cl2N3O3. The summed E-state index contributed by atoms with van der Waals surface area (Å²) < 4.78 is 5.72. The van der Waals surface area contributed by atoms with Crippen LogP contribution in [0.25, 0.3) is 11.3 Å². The zero-order chi connectivity index (χ0) is 21.7. The lowest BCUT2D eigenvalue weighted by molar-refractivity contribution is -0.121. The van der Waals surface area contributed by atoms with Gasteiger partial charge in [0.05, 0.1) is 17.3 Å². The Morgan fingerprint density at radius 2 is 1.97 bits per heavy atom. The van der Waals surface area contributed by atoms with Crippen LogP contribution in [0.3, 0.4) is 0 Å². The van der Waals surface area contributed by atoms with Gasteiger partial charge in [0.2, 0.25) is 11.8 Å². The predicted octanol–water partition coefficient (Wildman–Crippen LogP) is 5.42. The van der Waals surface area contributed by atoms with Crippen molar-refractivity contribution in [2.24, 2.45) is 0 Å². The van der Waals surface area contributed by atoms with E-state index in [4.69, 9.17) is 27.6 Å². The molecule has 2 aromatic carbocycles. The topological polar surface area (TPSA) is 84.2 Å². The number of hydrogen-bond acceptors (Lipinski definition) is 4. The van der Waals surface area contributed by atoms with Crippen molar-refractivity contribution in [2.45, 2.75) is 32.7 Å². The molecule has 6 nitrogen and oxygen atoms in total. The fourth-order valence-electron chi connectivity index (χ4n) is 2.95. The summed E-state index contributed by atoms with van der Waals surface area (Å²) in [7, 11) is 0. The summed E-state index contributed by atoms with van der Waals surface area (Å²) in [4.78, 5) is 27.8. The first-order valence-corrected chi connectivity index (χ1v) is 10.1. The number of nitrogens with one attached hydrogen (secondary N) is 2. The van der Waals surface area contributed by atoms with Gasteiger partial charge in [-0.25, -0.2) is 4.98 Å². The molecule has 1 aromatic heterocycles. The normalized spacial score (nSPS) is 11.7. The number of aromatic nitrogens is 1. The lowest BCUT2D eigenvalue weighted by Gasteiger charge is -2.15. The quantitative estimate of drug-likeness (QED) is 0.508. The van der Waals surface area contributed by atoms with E-state index in [-0.39, 0.29) is 24.3 Å². The van der Waals surface area contributed by atoms with E-state index < -0.39 is 0 Å². The van der Waals surface area contributed by atoms with Gasteiger partial charge in [-0.2, -0.15) is 0 Å². The molecule has 0 radical (unpaired) electrons. The number of rotatable bonds is 7. The average Bonchev–Trinajstić information content (AvgIpc) is 3.15. The van der Waals surface area contributed by atoms with Crippen molar-refractivity contribution in [2.75, 3.05) is 5.32 Å². The maximum atomic E-state index is 12.3. The fourth-order valence-corrected chi connectivity index (χ4v) is 3.45. The van der Waals surface area contributed by atoms with Gasteiger partial charge in [0.15, 0.2) is 11.7 Å². The summed E-state index contributed by atoms with van der Waals surface area (Å²) in [5.74, 6) is 0.701. The molecule has 1 unspecified atom stereocenters. The zero-order valence-corrected chi connectivity index (χ0v) is 18.1. The van der Waals surface area contributed by atoms with E-state index in [1.54, 1.807) is 30.5 Å². The highest BCUT2D eigenvalue weighted by Gasteiger charge is 2.14. The maximum absolute atomic E-state index is 12.3. The van der Waals surface area contributed by atoms with Crippen molar-refractivity contribution in [1.82, 2.24) is 10.3 Å². The number of anilines is 1. The van der Waals surface area contributed by atoms with Crippen molar-refractivity contribution in [1.29, 1.82) is 0 Å². The summed E-state index contributed by atoms with van der Waals surface area (Å²) in [6.45, 7) is 3.34. The minimum absolute atomic E-state index is 0.128. The average molecular weight is 446 g/mol. The van der Waals surface area contributed by atoms with Crippen molar-refractivity contribution in [3.05, 3.63) is 70.2 Å². The van der Waals surface area contributed by atoms with Gasteiger partial charge in [0.25, 0.3) is 0 Å². The summed E-state index contributed by atoms with van der Waals surface area (Å²) in [5.41, 5.74) is 2.27. The zero-order valence-electron chi connectivity index (χ0n) is 16.5. The smallest absolute Gasteiger partial charge is 0.221 e. The van der Waals surface area contributed by atoms with Crippen molar-refractivity contribution < 1.29 is 14.0 Å². The minimum Gasteiger partial charge on any atom is -0.441 e. The molecule has 0 aliphatic heterocycles. The van der Waals surface area contributed by atoms with Gasteiger partial charge >= 0.3 is 0 Å². The Morgan fingerprint density at radius 3 is 2.70 bits per heavy atom. The van der Waals surface area contributed by atoms with Crippen LogP contribution in [0, 0.1) is 0 Å². The highest BCUT2D eigenvalue weighted by Crippen LogP contribution is 2.30. The van der Waals surface area contributed by atoms with Crippen LogP contribution in [0.2, 0.25) is 10.0 Å². The molecule has 0 fully saturated rings. The molecule has 156 valence electrons. The standard InChI is InChI=1S/C22H21Cl2N3O3/c1-13(15-4-3-5-17(10-15)27-14(2)28)26-21(29)8-9-22-25-12-20(30-22)18-7-6-16(23)11-19(18)24/h3-7,10-13H,8-9H2,1-2H3,(H,26,29)(H,27,28). The Hall–Kier alpha value is -2.83. The molecular weight excluding hydrogens is 425 g/mol. The molecule has 0 aliphatic carbocycles. The summed E-state index contributed by atoms with van der Waals surface area (Å²) in [6, 6.07) is 12.3. The van der Waals surface area contributed by atoms with Crippen LogP contribution in [0.1, 0.15) is 37.8 Å². The second-order valence-electron chi connectivity index (χ2n) is 6.84. The summed E-state index contributed by atoms with van der Waals surface area (Å²) in [6.07, 6.45) is 2.16. The van der Waals surface area contributed by atoms with Gasteiger partial charge in [0.1, 0.15) is 0 Å². The molecule has 0 spiro atoms. The number of benzene rings is 2. The van der Waals surface area contributed by atoms with Crippen LogP contribution in [-0.4, -0.2) is 16.8 Å². The van der Waals surface area contributed by atoms with Crippen LogP contribution >= 0.6 is 23.2 Å². The Labute approximate surface area is 184 Å². The van der Waals surface area contributed by atoms with Gasteiger partial charge in [-0.15, -0.1) is 0 Å². The first-order valence-electron chi connectivity index (χ1n) is 9.39. The third-order valence-electron chi connectivity index (χ3n) is 4.40. The number of carbonyl (C=O) groups excluding carboxylic acids is 2. The molecule has 1 heterocycles. The first-order chi connectivity index (χ1) is 14.3. The summed E-state index contributed by atoms with van der Waals surface area (Å²) in [5, 5.41) is 6.69. The summed E-state index contributed by atoms with van der Waals surface area (Å²) >= 11 is 12.1. The third-order valence-corrected chi connectivity index (χ3v) is 4.95. The second-order valence-corrected chi connectivity index (χ2v) is 7.68. The molecule has 2 amide bonds. The number of aryl methyl sites for hydroxylation is 1. The van der Waals surface area contributed by atoms with Gasteiger partial charge in [-0.3, -0.25) is 9.59 Å². The molecule has 0 saturated heterocycles. The van der Waals surface area contributed by atoms with E-state index in [1.807, 2.05) is 25.1 Å². The highest BCUT2D eigenvalue weighted by atomic mass is 35.5. The van der Waals surface area contributed by atoms with Crippen LogP contribution < -0.4 is 10.6 Å². The molecule has 30 heavy (non-hydrogen) atoms. The minimum atomic E-state index is -0.209. The molecule has 3 aromatic rings. The maximum Gasteiger partial charge on any atom is 0.221 e. The third kappa shape index (κ3) is 5.84. The molecule has 1 atom stereocenters. The number of hydrogen-bond donors (Lipinski definition) is 2. The van der Waals surface area contributed by atoms with E-state index in [1.165, 1.54) is 6.92 Å². The SMILES string of the molecule is CC(=O)Nc1cccc(C(C)NC(=O)CCc2ncc(-c3ccc(Cl)cc3Cl)o2)c1. The van der Waals surface area contributed by atoms with E-state index >= 15 is 0 Å². The Bertz CT molecular complexity index is 1070. The Kier molecular flexibility index (Phi) is 7.13. The molecule has 0 saturated carbocycles. The molecule has 2 N–H and O–H groups in total. The number of oxazole rings is 1. The Morgan fingerprint density at radius 1 is 1.17 bits per heavy atom. The predicted molar refractivity (Wildman–Crippen MR) is 118 cm³/mol. The number of halogens is 2. The molecule has 3 rings (SSSR count). The van der Waals surface area contributed by atoms with Gasteiger partial charge < -0.3 is 15.1 Å².